The van der Waals surface area contributed by atoms with Crippen molar-refractivity contribution in [2.24, 2.45) is 7.05 Å². The Morgan fingerprint density at radius 2 is 1.96 bits per heavy atom. The number of nitrogens with zero attached hydrogens (tertiary/aromatic N) is 4. The fourth-order valence-electron chi connectivity index (χ4n) is 2.42. The molecule has 0 fully saturated rings. The number of aryl methyl sites for hydroxylation is 3. The van der Waals surface area contributed by atoms with Gasteiger partial charge in [0.25, 0.3) is 0 Å². The summed E-state index contributed by atoms with van der Waals surface area (Å²) in [6, 6.07) is 3.85. The van der Waals surface area contributed by atoms with E-state index in [4.69, 9.17) is 4.74 Å². The third-order valence-corrected chi connectivity index (χ3v) is 4.72. The molecular weight excluding hydrogens is 324 g/mol. The van der Waals surface area contributed by atoms with Crippen LogP contribution in [-0.2, 0) is 11.8 Å². The van der Waals surface area contributed by atoms with Gasteiger partial charge in [-0.15, -0.1) is 11.3 Å². The molecule has 0 unspecified atom stereocenters. The molecular formula is C17H18N4O2S. The number of hydrogen-bond acceptors (Lipinski definition) is 6. The molecule has 3 aromatic heterocycles. The fourth-order valence-corrected chi connectivity index (χ4v) is 3.43. The summed E-state index contributed by atoms with van der Waals surface area (Å²) in [7, 11) is 1.82. The molecule has 6 nitrogen and oxygen atoms in total. The van der Waals surface area contributed by atoms with Gasteiger partial charge in [0, 0.05) is 40.3 Å². The summed E-state index contributed by atoms with van der Waals surface area (Å²) in [6.07, 6.45) is 3.65. The van der Waals surface area contributed by atoms with Gasteiger partial charge in [0.15, 0.2) is 5.69 Å². The van der Waals surface area contributed by atoms with Crippen LogP contribution in [0.2, 0.25) is 0 Å². The van der Waals surface area contributed by atoms with Crippen LogP contribution < -0.4 is 0 Å². The Morgan fingerprint density at radius 1 is 1.25 bits per heavy atom. The molecule has 24 heavy (non-hydrogen) atoms. The third-order valence-electron chi connectivity index (χ3n) is 3.62. The number of carbonyl (C=O) groups is 1. The van der Waals surface area contributed by atoms with Crippen LogP contribution in [0.4, 0.5) is 0 Å². The molecule has 124 valence electrons. The zero-order chi connectivity index (χ0) is 17.3. The molecule has 0 saturated carbocycles. The first kappa shape index (κ1) is 16.3. The Labute approximate surface area is 144 Å². The highest BCUT2D eigenvalue weighted by atomic mass is 32.1. The third kappa shape index (κ3) is 3.07. The van der Waals surface area contributed by atoms with E-state index < -0.39 is 5.97 Å². The number of rotatable bonds is 4. The molecule has 0 bridgehead atoms. The summed E-state index contributed by atoms with van der Waals surface area (Å²) in [5.41, 5.74) is 3.22. The molecule has 3 rings (SSSR count). The van der Waals surface area contributed by atoms with E-state index in [1.807, 2.05) is 26.4 Å². The quantitative estimate of drug-likeness (QED) is 0.680. The Balaban J connectivity index is 1.99. The molecule has 0 aliphatic carbocycles. The van der Waals surface area contributed by atoms with Crippen LogP contribution >= 0.6 is 11.3 Å². The van der Waals surface area contributed by atoms with E-state index in [9.17, 15) is 4.79 Å². The summed E-state index contributed by atoms with van der Waals surface area (Å²) in [5, 5.41) is 4.26. The second-order valence-electron chi connectivity index (χ2n) is 5.36. The molecule has 0 spiro atoms. The molecule has 0 saturated heterocycles. The van der Waals surface area contributed by atoms with E-state index in [-0.39, 0.29) is 0 Å². The van der Waals surface area contributed by atoms with Crippen molar-refractivity contribution in [1.29, 1.82) is 0 Å². The lowest BCUT2D eigenvalue weighted by Gasteiger charge is -1.99. The number of thiophene rings is 1. The summed E-state index contributed by atoms with van der Waals surface area (Å²) in [6.45, 7) is 6.03. The first-order valence-corrected chi connectivity index (χ1v) is 8.42. The van der Waals surface area contributed by atoms with E-state index in [0.717, 1.165) is 32.4 Å². The fraction of sp³-hybridized carbons (Fsp3) is 0.294. The zero-order valence-corrected chi connectivity index (χ0v) is 14.8. The van der Waals surface area contributed by atoms with Gasteiger partial charge in [-0.2, -0.15) is 5.10 Å². The maximum absolute atomic E-state index is 11.9. The molecule has 3 aromatic rings. The SMILES string of the molecule is CCOC(=O)c1cc(-c2cc(-c3cnc(C)nc3)sc2C)n(C)n1. The molecule has 0 amide bonds. The van der Waals surface area contributed by atoms with E-state index in [1.54, 1.807) is 29.0 Å². The van der Waals surface area contributed by atoms with Crippen molar-refractivity contribution in [2.75, 3.05) is 6.61 Å². The highest BCUT2D eigenvalue weighted by Gasteiger charge is 2.18. The summed E-state index contributed by atoms with van der Waals surface area (Å²) >= 11 is 1.67. The van der Waals surface area contributed by atoms with Crippen molar-refractivity contribution in [1.82, 2.24) is 19.7 Å². The Morgan fingerprint density at radius 3 is 2.62 bits per heavy atom. The highest BCUT2D eigenvalue weighted by molar-refractivity contribution is 7.16. The van der Waals surface area contributed by atoms with Gasteiger partial charge >= 0.3 is 5.97 Å². The molecule has 0 aliphatic heterocycles. The number of aromatic nitrogens is 4. The van der Waals surface area contributed by atoms with Gasteiger partial charge in [-0.05, 0) is 32.9 Å². The Kier molecular flexibility index (Phi) is 4.44. The van der Waals surface area contributed by atoms with Crippen molar-refractivity contribution < 1.29 is 9.53 Å². The Hall–Kier alpha value is -2.54. The van der Waals surface area contributed by atoms with Crippen LogP contribution in [-0.4, -0.2) is 32.3 Å². The molecule has 7 heteroatoms. The predicted octanol–water partition coefficient (Wildman–Crippen LogP) is 3.40. The second-order valence-corrected chi connectivity index (χ2v) is 6.61. The summed E-state index contributed by atoms with van der Waals surface area (Å²) in [4.78, 5) is 22.6. The van der Waals surface area contributed by atoms with Gasteiger partial charge < -0.3 is 4.74 Å². The first-order chi connectivity index (χ1) is 11.5. The summed E-state index contributed by atoms with van der Waals surface area (Å²) < 4.78 is 6.72. The molecule has 0 aromatic carbocycles. The van der Waals surface area contributed by atoms with E-state index in [1.165, 1.54) is 0 Å². The van der Waals surface area contributed by atoms with Crippen LogP contribution in [0.5, 0.6) is 0 Å². The van der Waals surface area contributed by atoms with Crippen molar-refractivity contribution in [3.05, 3.63) is 40.9 Å². The van der Waals surface area contributed by atoms with Crippen molar-refractivity contribution in [3.8, 4) is 21.7 Å². The van der Waals surface area contributed by atoms with Crippen LogP contribution in [0.15, 0.2) is 24.5 Å². The second kappa shape index (κ2) is 6.52. The normalized spacial score (nSPS) is 10.8. The van der Waals surface area contributed by atoms with E-state index in [0.29, 0.717) is 12.3 Å². The predicted molar refractivity (Wildman–Crippen MR) is 93.0 cm³/mol. The number of esters is 1. The van der Waals surface area contributed by atoms with Gasteiger partial charge in [-0.1, -0.05) is 0 Å². The maximum Gasteiger partial charge on any atom is 0.358 e. The smallest absolute Gasteiger partial charge is 0.358 e. The molecule has 0 N–H and O–H groups in total. The van der Waals surface area contributed by atoms with Crippen molar-refractivity contribution in [2.45, 2.75) is 20.8 Å². The molecule has 3 heterocycles. The van der Waals surface area contributed by atoms with Crippen LogP contribution in [0, 0.1) is 13.8 Å². The average molecular weight is 342 g/mol. The van der Waals surface area contributed by atoms with Crippen LogP contribution in [0.3, 0.4) is 0 Å². The van der Waals surface area contributed by atoms with Crippen LogP contribution in [0.25, 0.3) is 21.7 Å². The number of hydrogen-bond donors (Lipinski definition) is 0. The lowest BCUT2D eigenvalue weighted by molar-refractivity contribution is 0.0518. The lowest BCUT2D eigenvalue weighted by Crippen LogP contribution is -2.05. The zero-order valence-electron chi connectivity index (χ0n) is 14.0. The monoisotopic (exact) mass is 342 g/mol. The minimum absolute atomic E-state index is 0.320. The topological polar surface area (TPSA) is 69.9 Å². The maximum atomic E-state index is 11.9. The lowest BCUT2D eigenvalue weighted by atomic mass is 10.1. The van der Waals surface area contributed by atoms with Gasteiger partial charge in [0.2, 0.25) is 0 Å². The van der Waals surface area contributed by atoms with Gasteiger partial charge in [-0.25, -0.2) is 14.8 Å². The van der Waals surface area contributed by atoms with Crippen LogP contribution in [0.1, 0.15) is 28.1 Å². The number of ether oxygens (including phenoxy) is 1. The Bertz CT molecular complexity index is 881. The molecule has 0 atom stereocenters. The van der Waals surface area contributed by atoms with Gasteiger partial charge in [0.05, 0.1) is 12.3 Å². The van der Waals surface area contributed by atoms with E-state index in [2.05, 4.69) is 28.1 Å². The highest BCUT2D eigenvalue weighted by Crippen LogP contribution is 2.36. The van der Waals surface area contributed by atoms with Gasteiger partial charge in [0.1, 0.15) is 5.82 Å². The molecule has 0 radical (unpaired) electrons. The standard InChI is InChI=1S/C17H18N4O2S/c1-5-23-17(22)14-7-15(21(4)20-14)13-6-16(24-10(13)2)12-8-18-11(3)19-9-12/h6-9H,5H2,1-4H3. The van der Waals surface area contributed by atoms with Crippen molar-refractivity contribution in [3.63, 3.8) is 0 Å². The average Bonchev–Trinajstić information content (AvgIpc) is 3.11. The molecule has 0 aliphatic rings. The summed E-state index contributed by atoms with van der Waals surface area (Å²) in [5.74, 6) is 0.345. The minimum Gasteiger partial charge on any atom is -0.461 e. The number of carbonyl (C=O) groups excluding carboxylic acids is 1. The first-order valence-electron chi connectivity index (χ1n) is 7.60. The van der Waals surface area contributed by atoms with Gasteiger partial charge in [-0.3, -0.25) is 4.68 Å². The minimum atomic E-state index is -0.403. The largest absolute Gasteiger partial charge is 0.461 e. The van der Waals surface area contributed by atoms with E-state index >= 15 is 0 Å². The van der Waals surface area contributed by atoms with Crippen molar-refractivity contribution >= 4 is 17.3 Å².